The van der Waals surface area contributed by atoms with Gasteiger partial charge in [-0.25, -0.2) is 0 Å². The van der Waals surface area contributed by atoms with E-state index in [1.165, 1.54) is 34.4 Å². The number of halogens is 4. The van der Waals surface area contributed by atoms with Gasteiger partial charge in [0.05, 0.1) is 54.7 Å². The summed E-state index contributed by atoms with van der Waals surface area (Å²) in [5, 5.41) is 0.793. The predicted molar refractivity (Wildman–Crippen MR) is 298 cm³/mol. The molecule has 3 fully saturated rings. The molecule has 3 heterocycles. The van der Waals surface area contributed by atoms with Crippen molar-refractivity contribution in [2.45, 2.75) is 104 Å². The third-order valence-corrected chi connectivity index (χ3v) is 13.6. The maximum absolute atomic E-state index is 12.4. The molecule has 6 aromatic rings. The van der Waals surface area contributed by atoms with E-state index in [1.54, 1.807) is 12.1 Å². The second-order valence-corrected chi connectivity index (χ2v) is 23.7. The summed E-state index contributed by atoms with van der Waals surface area (Å²) in [7, 11) is 0. The molecule has 6 aromatic carbocycles. The van der Waals surface area contributed by atoms with Crippen LogP contribution in [0.25, 0.3) is 0 Å². The van der Waals surface area contributed by atoms with Crippen molar-refractivity contribution >= 4 is 11.6 Å². The molecule has 0 spiro atoms. The normalized spacial score (nSPS) is 17.1. The van der Waals surface area contributed by atoms with Gasteiger partial charge in [-0.3, -0.25) is 14.7 Å². The smallest absolute Gasteiger partial charge is 0.406 e. The lowest BCUT2D eigenvalue weighted by Gasteiger charge is -2.45. The average molecular weight is 1050 g/mol. The molecule has 3 aliphatic rings. The molecule has 0 N–H and O–H groups in total. The van der Waals surface area contributed by atoms with Crippen molar-refractivity contribution in [3.05, 3.63) is 208 Å². The Bertz CT molecular complexity index is 2550. The van der Waals surface area contributed by atoms with Gasteiger partial charge in [0, 0.05) is 62.0 Å². The van der Waals surface area contributed by atoms with Crippen LogP contribution >= 0.6 is 11.6 Å². The Balaban J connectivity index is 0.000000165. The van der Waals surface area contributed by atoms with Crippen LogP contribution in [0.4, 0.5) is 13.2 Å². The van der Waals surface area contributed by atoms with Crippen molar-refractivity contribution in [1.29, 1.82) is 0 Å². The molecule has 0 amide bonds. The molecule has 3 aliphatic heterocycles. The number of likely N-dealkylation sites (tertiary alicyclic amines) is 3. The molecular weight excluding hydrogens is 967 g/mol. The zero-order chi connectivity index (χ0) is 53.8. The standard InChI is InChI=1S/C22H26F3NO2.C21H26ClNO.C21H27NO/c1-21(2,3)27-15-16-13-26(14-16)20(17-7-5-4-6-8-17)18-9-11-19(12-10-18)28-22(23,24)25;1-21(2,3)24-15-16-13-23(14-16)20(17-8-5-4-6-9-17)18-10-7-11-19(22)12-18;1-21(2,3)23-16-17-14-22(15-17)20(18-10-6-4-7-11-18)19-12-8-5-9-13-19/h4-12,16,20H,13-15H2,1-3H3;4-12,16,20H,13-15H2,1-3H3;4-13,17,20H,14-16H2,1-3H3. The highest BCUT2D eigenvalue weighted by Crippen LogP contribution is 2.38. The highest BCUT2D eigenvalue weighted by atomic mass is 35.5. The van der Waals surface area contributed by atoms with E-state index in [4.69, 9.17) is 25.8 Å². The van der Waals surface area contributed by atoms with Crippen molar-refractivity contribution < 1.29 is 32.1 Å². The lowest BCUT2D eigenvalue weighted by atomic mass is 9.90. The summed E-state index contributed by atoms with van der Waals surface area (Å²) in [5.74, 6) is 1.50. The maximum atomic E-state index is 12.4. The van der Waals surface area contributed by atoms with E-state index in [0.29, 0.717) is 30.4 Å². The summed E-state index contributed by atoms with van der Waals surface area (Å²) >= 11 is 6.23. The number of nitrogens with zero attached hydrogens (tertiary/aromatic N) is 3. The van der Waals surface area contributed by atoms with Crippen molar-refractivity contribution in [3.63, 3.8) is 0 Å². The van der Waals surface area contributed by atoms with Crippen LogP contribution in [-0.2, 0) is 14.2 Å². The van der Waals surface area contributed by atoms with Gasteiger partial charge >= 0.3 is 6.36 Å². The Labute approximate surface area is 450 Å². The minimum absolute atomic E-state index is 0.00739. The highest BCUT2D eigenvalue weighted by Gasteiger charge is 2.38. The van der Waals surface area contributed by atoms with Gasteiger partial charge in [0.25, 0.3) is 0 Å². The van der Waals surface area contributed by atoms with Gasteiger partial charge < -0.3 is 18.9 Å². The lowest BCUT2D eigenvalue weighted by Crippen LogP contribution is -2.51. The van der Waals surface area contributed by atoms with Gasteiger partial charge in [0.1, 0.15) is 5.75 Å². The average Bonchev–Trinajstić information content (AvgIpc) is 3.31. The molecular formula is C64H79ClF3N3O4. The van der Waals surface area contributed by atoms with E-state index in [9.17, 15) is 13.2 Å². The minimum atomic E-state index is -4.68. The van der Waals surface area contributed by atoms with E-state index in [-0.39, 0.29) is 34.6 Å². The Morgan fingerprint density at radius 3 is 0.960 bits per heavy atom. The van der Waals surface area contributed by atoms with Gasteiger partial charge in [-0.15, -0.1) is 13.2 Å². The van der Waals surface area contributed by atoms with Gasteiger partial charge in [0.2, 0.25) is 0 Å². The fourth-order valence-corrected chi connectivity index (χ4v) is 9.99. The number of hydrogen-bond acceptors (Lipinski definition) is 7. The van der Waals surface area contributed by atoms with Crippen LogP contribution in [0.5, 0.6) is 5.75 Å². The van der Waals surface area contributed by atoms with Crippen LogP contribution in [0.2, 0.25) is 5.02 Å². The first-order valence-electron chi connectivity index (χ1n) is 26.5. The zero-order valence-electron chi connectivity index (χ0n) is 45.5. The topological polar surface area (TPSA) is 46.6 Å². The maximum Gasteiger partial charge on any atom is 0.573 e. The Morgan fingerprint density at radius 2 is 0.680 bits per heavy atom. The predicted octanol–water partition coefficient (Wildman–Crippen LogP) is 15.1. The summed E-state index contributed by atoms with van der Waals surface area (Å²) in [5.41, 5.74) is 7.10. The van der Waals surface area contributed by atoms with Gasteiger partial charge in [-0.1, -0.05) is 157 Å². The largest absolute Gasteiger partial charge is 0.573 e. The Morgan fingerprint density at radius 1 is 0.400 bits per heavy atom. The van der Waals surface area contributed by atoms with Crippen LogP contribution in [0.3, 0.4) is 0 Å². The van der Waals surface area contributed by atoms with Crippen molar-refractivity contribution in [2.75, 3.05) is 59.1 Å². The molecule has 0 aromatic heterocycles. The SMILES string of the molecule is CC(C)(C)OCC1CN(C(c2ccccc2)c2ccc(OC(F)(F)F)cc2)C1.CC(C)(C)OCC1CN(C(c2ccccc2)c2cccc(Cl)c2)C1.CC(C)(C)OCC1CN(C(c2ccccc2)c2ccccc2)C1. The quantitative estimate of drug-likeness (QED) is 0.0957. The lowest BCUT2D eigenvalue weighted by molar-refractivity contribution is -0.274. The molecule has 0 saturated carbocycles. The first kappa shape index (κ1) is 57.7. The van der Waals surface area contributed by atoms with E-state index >= 15 is 0 Å². The molecule has 0 bridgehead atoms. The number of hydrogen-bond donors (Lipinski definition) is 0. The van der Waals surface area contributed by atoms with Crippen LogP contribution < -0.4 is 4.74 Å². The van der Waals surface area contributed by atoms with Crippen LogP contribution in [0, 0.1) is 17.8 Å². The number of alkyl halides is 3. The fourth-order valence-electron chi connectivity index (χ4n) is 9.79. The molecule has 402 valence electrons. The summed E-state index contributed by atoms with van der Waals surface area (Å²) in [6, 6.07) is 57.3. The van der Waals surface area contributed by atoms with Gasteiger partial charge in [-0.05, 0) is 120 Å². The van der Waals surface area contributed by atoms with Crippen LogP contribution in [0.1, 0.15) is 114 Å². The number of ether oxygens (including phenoxy) is 4. The summed E-state index contributed by atoms with van der Waals surface area (Å²) < 4.78 is 59.0. The molecule has 3 saturated heterocycles. The second-order valence-electron chi connectivity index (χ2n) is 23.3. The molecule has 0 radical (unpaired) electrons. The summed E-state index contributed by atoms with van der Waals surface area (Å²) in [6.45, 7) is 27.3. The molecule has 0 aliphatic carbocycles. The Kier molecular flexibility index (Phi) is 19.9. The first-order valence-corrected chi connectivity index (χ1v) is 26.9. The van der Waals surface area contributed by atoms with Crippen molar-refractivity contribution in [2.24, 2.45) is 17.8 Å². The van der Waals surface area contributed by atoms with E-state index < -0.39 is 6.36 Å². The number of rotatable bonds is 16. The van der Waals surface area contributed by atoms with Crippen LogP contribution in [-0.4, -0.2) is 97.0 Å². The van der Waals surface area contributed by atoms with Crippen molar-refractivity contribution in [3.8, 4) is 5.75 Å². The fraction of sp³-hybridized carbons (Fsp3) is 0.438. The van der Waals surface area contributed by atoms with E-state index in [2.05, 4.69) is 164 Å². The van der Waals surface area contributed by atoms with Crippen molar-refractivity contribution in [1.82, 2.24) is 14.7 Å². The molecule has 2 unspecified atom stereocenters. The second kappa shape index (κ2) is 25.9. The van der Waals surface area contributed by atoms with Crippen LogP contribution in [0.15, 0.2) is 170 Å². The Hall–Kier alpha value is -5.04. The minimum Gasteiger partial charge on any atom is -0.406 e. The third kappa shape index (κ3) is 18.3. The molecule has 9 rings (SSSR count). The van der Waals surface area contributed by atoms with Gasteiger partial charge in [0.15, 0.2) is 0 Å². The van der Waals surface area contributed by atoms with E-state index in [0.717, 1.165) is 68.6 Å². The van der Waals surface area contributed by atoms with Gasteiger partial charge in [-0.2, -0.15) is 0 Å². The van der Waals surface area contributed by atoms with E-state index in [1.807, 2.05) is 63.2 Å². The first-order chi connectivity index (χ1) is 35.6. The molecule has 7 nitrogen and oxygen atoms in total. The zero-order valence-corrected chi connectivity index (χ0v) is 46.2. The summed E-state index contributed by atoms with van der Waals surface area (Å²) in [4.78, 5) is 7.39. The third-order valence-electron chi connectivity index (χ3n) is 13.4. The molecule has 11 heteroatoms. The summed E-state index contributed by atoms with van der Waals surface area (Å²) in [6.07, 6.45) is -4.68. The monoisotopic (exact) mass is 1050 g/mol. The molecule has 2 atom stereocenters. The highest BCUT2D eigenvalue weighted by molar-refractivity contribution is 6.30. The number of benzene rings is 6. The molecule has 75 heavy (non-hydrogen) atoms.